The number of rotatable bonds is 11. The highest BCUT2D eigenvalue weighted by Gasteiger charge is 2.33. The maximum Gasteiger partial charge on any atom is 0.264 e. The van der Waals surface area contributed by atoms with Gasteiger partial charge in [0.1, 0.15) is 12.6 Å². The van der Waals surface area contributed by atoms with Crippen LogP contribution in [0.1, 0.15) is 25.8 Å². The molecule has 1 unspecified atom stereocenters. The van der Waals surface area contributed by atoms with Gasteiger partial charge in [0.15, 0.2) is 0 Å². The van der Waals surface area contributed by atoms with Crippen LogP contribution in [0.15, 0.2) is 83.8 Å². The van der Waals surface area contributed by atoms with Gasteiger partial charge in [-0.2, -0.15) is 0 Å². The number of amides is 2. The summed E-state index contributed by atoms with van der Waals surface area (Å²) in [7, 11) is -4.08. The van der Waals surface area contributed by atoms with E-state index >= 15 is 0 Å². The largest absolute Gasteiger partial charge is 0.355 e. The molecule has 0 radical (unpaired) electrons. The molecule has 10 heteroatoms. The van der Waals surface area contributed by atoms with E-state index < -0.39 is 28.5 Å². The number of carbonyl (C=O) groups is 2. The Morgan fingerprint density at radius 1 is 0.946 bits per heavy atom. The van der Waals surface area contributed by atoms with Crippen molar-refractivity contribution in [2.45, 2.75) is 37.8 Å². The third kappa shape index (κ3) is 7.24. The van der Waals surface area contributed by atoms with E-state index in [4.69, 9.17) is 11.6 Å². The molecule has 3 aromatic rings. The standard InChI is InChI=1S/C27H29ClIN3O4S/c1-3-25(27(34)30-4-2)31(18-20-10-8-9-13-24(20)28)26(33)19-32(22-16-14-21(29)15-17-22)37(35,36)23-11-6-5-7-12-23/h5-17,25H,3-4,18-19H2,1-2H3,(H,30,34). The Bertz CT molecular complexity index is 1320. The molecule has 196 valence electrons. The fourth-order valence-corrected chi connectivity index (χ4v) is 5.87. The van der Waals surface area contributed by atoms with Crippen molar-refractivity contribution in [3.8, 4) is 0 Å². The first-order valence-electron chi connectivity index (χ1n) is 11.8. The molecule has 0 saturated heterocycles. The summed E-state index contributed by atoms with van der Waals surface area (Å²) >= 11 is 8.52. The fraction of sp³-hybridized carbons (Fsp3) is 0.259. The molecule has 0 spiro atoms. The first-order chi connectivity index (χ1) is 17.7. The van der Waals surface area contributed by atoms with E-state index in [1.165, 1.54) is 17.0 Å². The molecule has 0 bridgehead atoms. The van der Waals surface area contributed by atoms with Crippen LogP contribution in [0, 0.1) is 3.57 Å². The van der Waals surface area contributed by atoms with Gasteiger partial charge < -0.3 is 10.2 Å². The second-order valence-electron chi connectivity index (χ2n) is 8.23. The topological polar surface area (TPSA) is 86.8 Å². The molecule has 2 amide bonds. The van der Waals surface area contributed by atoms with Crippen LogP contribution in [-0.2, 0) is 26.2 Å². The molecule has 0 fully saturated rings. The van der Waals surface area contributed by atoms with Crippen molar-refractivity contribution in [1.82, 2.24) is 10.2 Å². The molecule has 1 N–H and O–H groups in total. The van der Waals surface area contributed by atoms with Crippen LogP contribution in [0.5, 0.6) is 0 Å². The average Bonchev–Trinajstić information content (AvgIpc) is 2.89. The third-order valence-corrected chi connectivity index (χ3v) is 8.64. The van der Waals surface area contributed by atoms with Crippen LogP contribution in [-0.4, -0.2) is 44.3 Å². The summed E-state index contributed by atoms with van der Waals surface area (Å²) < 4.78 is 29.4. The highest BCUT2D eigenvalue weighted by molar-refractivity contribution is 14.1. The number of hydrogen-bond acceptors (Lipinski definition) is 4. The van der Waals surface area contributed by atoms with Crippen molar-refractivity contribution >= 4 is 61.7 Å². The minimum atomic E-state index is -4.08. The van der Waals surface area contributed by atoms with Crippen LogP contribution in [0.4, 0.5) is 5.69 Å². The summed E-state index contributed by atoms with van der Waals surface area (Å²) in [6.07, 6.45) is 0.344. The number of halogens is 2. The first-order valence-corrected chi connectivity index (χ1v) is 14.7. The van der Waals surface area contributed by atoms with Gasteiger partial charge in [-0.25, -0.2) is 8.42 Å². The van der Waals surface area contributed by atoms with Crippen molar-refractivity contribution in [1.29, 1.82) is 0 Å². The molecule has 1 atom stereocenters. The Labute approximate surface area is 237 Å². The van der Waals surface area contributed by atoms with Crippen molar-refractivity contribution < 1.29 is 18.0 Å². The van der Waals surface area contributed by atoms with Gasteiger partial charge in [-0.15, -0.1) is 0 Å². The van der Waals surface area contributed by atoms with E-state index in [9.17, 15) is 18.0 Å². The number of anilines is 1. The lowest BCUT2D eigenvalue weighted by Crippen LogP contribution is -2.52. The number of benzene rings is 3. The first kappa shape index (κ1) is 28.9. The molecule has 0 aliphatic rings. The summed E-state index contributed by atoms with van der Waals surface area (Å²) in [4.78, 5) is 28.3. The second-order valence-corrected chi connectivity index (χ2v) is 11.7. The van der Waals surface area contributed by atoms with E-state index in [0.717, 1.165) is 7.88 Å². The van der Waals surface area contributed by atoms with Crippen LogP contribution in [0.3, 0.4) is 0 Å². The van der Waals surface area contributed by atoms with Gasteiger partial charge in [0.25, 0.3) is 10.0 Å². The van der Waals surface area contributed by atoms with Gasteiger partial charge >= 0.3 is 0 Å². The van der Waals surface area contributed by atoms with Crippen LogP contribution in [0.2, 0.25) is 5.02 Å². The second kappa shape index (κ2) is 13.3. The van der Waals surface area contributed by atoms with E-state index in [-0.39, 0.29) is 17.3 Å². The van der Waals surface area contributed by atoms with Crippen molar-refractivity contribution in [3.63, 3.8) is 0 Å². The SMILES string of the molecule is CCNC(=O)C(CC)N(Cc1ccccc1Cl)C(=O)CN(c1ccc(I)cc1)S(=O)(=O)c1ccccc1. The quantitative estimate of drug-likeness (QED) is 0.293. The highest BCUT2D eigenvalue weighted by atomic mass is 127. The number of sulfonamides is 1. The van der Waals surface area contributed by atoms with Crippen molar-refractivity contribution in [3.05, 3.63) is 93.0 Å². The molecule has 3 aromatic carbocycles. The number of carbonyl (C=O) groups excluding carboxylic acids is 2. The lowest BCUT2D eigenvalue weighted by molar-refractivity contribution is -0.140. The maximum atomic E-state index is 13.9. The van der Waals surface area contributed by atoms with Crippen LogP contribution < -0.4 is 9.62 Å². The molecule has 3 rings (SSSR count). The Hall–Kier alpha value is -2.63. The zero-order valence-electron chi connectivity index (χ0n) is 20.6. The smallest absolute Gasteiger partial charge is 0.264 e. The third-order valence-electron chi connectivity index (χ3n) is 5.76. The summed E-state index contributed by atoms with van der Waals surface area (Å²) in [6, 6.07) is 21.1. The molecule has 0 aromatic heterocycles. The minimum absolute atomic E-state index is 0.0556. The molecule has 0 aliphatic heterocycles. The zero-order valence-corrected chi connectivity index (χ0v) is 24.3. The zero-order chi connectivity index (χ0) is 27.0. The number of nitrogens with zero attached hydrogens (tertiary/aromatic N) is 2. The average molecular weight is 654 g/mol. The monoisotopic (exact) mass is 653 g/mol. The Kier molecular flexibility index (Phi) is 10.4. The van der Waals surface area contributed by atoms with Gasteiger partial charge in [0.05, 0.1) is 10.6 Å². The fourth-order valence-electron chi connectivity index (χ4n) is 3.88. The van der Waals surface area contributed by atoms with Gasteiger partial charge in [-0.05, 0) is 84.0 Å². The Morgan fingerprint density at radius 3 is 2.16 bits per heavy atom. The molecular formula is C27H29ClIN3O4S. The Balaban J connectivity index is 2.05. The number of likely N-dealkylation sites (N-methyl/N-ethyl adjacent to an activating group) is 1. The summed E-state index contributed by atoms with van der Waals surface area (Å²) in [5.41, 5.74) is 1.01. The van der Waals surface area contributed by atoms with Crippen molar-refractivity contribution in [2.75, 3.05) is 17.4 Å². The highest BCUT2D eigenvalue weighted by Crippen LogP contribution is 2.26. The molecule has 0 heterocycles. The maximum absolute atomic E-state index is 13.9. The molecular weight excluding hydrogens is 625 g/mol. The van der Waals surface area contributed by atoms with E-state index in [1.54, 1.807) is 73.7 Å². The van der Waals surface area contributed by atoms with Gasteiger partial charge in [0.2, 0.25) is 11.8 Å². The van der Waals surface area contributed by atoms with E-state index in [2.05, 4.69) is 27.9 Å². The van der Waals surface area contributed by atoms with Crippen molar-refractivity contribution in [2.24, 2.45) is 0 Å². The van der Waals surface area contributed by atoms with Gasteiger partial charge in [-0.3, -0.25) is 13.9 Å². The summed E-state index contributed by atoms with van der Waals surface area (Å²) in [6.45, 7) is 3.58. The predicted molar refractivity (Wildman–Crippen MR) is 155 cm³/mol. The molecule has 0 aliphatic carbocycles. The Morgan fingerprint density at radius 2 is 1.57 bits per heavy atom. The summed E-state index contributed by atoms with van der Waals surface area (Å²) in [5, 5.41) is 3.24. The molecule has 7 nitrogen and oxygen atoms in total. The number of nitrogens with one attached hydrogen (secondary N) is 1. The van der Waals surface area contributed by atoms with Crippen LogP contribution in [0.25, 0.3) is 0 Å². The van der Waals surface area contributed by atoms with Gasteiger partial charge in [0, 0.05) is 21.7 Å². The summed E-state index contributed by atoms with van der Waals surface area (Å²) in [5.74, 6) is -0.826. The predicted octanol–water partition coefficient (Wildman–Crippen LogP) is 5.08. The number of hydrogen-bond donors (Lipinski definition) is 1. The van der Waals surface area contributed by atoms with E-state index in [1.807, 2.05) is 6.92 Å². The minimum Gasteiger partial charge on any atom is -0.355 e. The lowest BCUT2D eigenvalue weighted by Gasteiger charge is -2.33. The van der Waals surface area contributed by atoms with Gasteiger partial charge in [-0.1, -0.05) is 54.9 Å². The van der Waals surface area contributed by atoms with Crippen LogP contribution >= 0.6 is 34.2 Å². The molecule has 0 saturated carbocycles. The molecule has 37 heavy (non-hydrogen) atoms. The lowest BCUT2D eigenvalue weighted by atomic mass is 10.1. The normalized spacial score (nSPS) is 12.0. The van der Waals surface area contributed by atoms with E-state index in [0.29, 0.717) is 29.2 Å².